The number of halogens is 5. The summed E-state index contributed by atoms with van der Waals surface area (Å²) in [5.74, 6) is -1.41. The van der Waals surface area contributed by atoms with Crippen LogP contribution in [0.1, 0.15) is 22.2 Å². The molecule has 158 valence electrons. The number of hydrogen-bond acceptors (Lipinski definition) is 4. The monoisotopic (exact) mass is 471 g/mol. The molecule has 2 atom stereocenters. The Morgan fingerprint density at radius 2 is 2.00 bits per heavy atom. The number of nitrogens with one attached hydrogen (secondary N) is 2. The molecule has 0 unspecified atom stereocenters. The fourth-order valence-corrected chi connectivity index (χ4v) is 5.25. The average molecular weight is 472 g/mol. The Kier molecular flexibility index (Phi) is 5.94. The summed E-state index contributed by atoms with van der Waals surface area (Å²) in [6, 6.07) is 3.28. The van der Waals surface area contributed by atoms with E-state index in [2.05, 4.69) is 10.0 Å². The molecule has 0 radical (unpaired) electrons. The molecular weight excluding hydrogens is 458 g/mol. The van der Waals surface area contributed by atoms with Crippen LogP contribution in [-0.4, -0.2) is 31.7 Å². The topological polar surface area (TPSA) is 78.5 Å². The van der Waals surface area contributed by atoms with Gasteiger partial charge >= 0.3 is 6.18 Å². The van der Waals surface area contributed by atoms with Crippen molar-refractivity contribution < 1.29 is 30.8 Å². The van der Waals surface area contributed by atoms with Gasteiger partial charge in [0, 0.05) is 17.6 Å². The zero-order valence-corrected chi connectivity index (χ0v) is 17.0. The van der Waals surface area contributed by atoms with E-state index in [0.717, 1.165) is 22.5 Å². The zero-order valence-electron chi connectivity index (χ0n) is 14.6. The molecule has 29 heavy (non-hydrogen) atoms. The molecule has 13 heteroatoms. The van der Waals surface area contributed by atoms with E-state index in [9.17, 15) is 30.8 Å². The molecule has 1 aliphatic rings. The van der Waals surface area contributed by atoms with Crippen LogP contribution in [0.15, 0.2) is 30.3 Å². The van der Waals surface area contributed by atoms with Gasteiger partial charge in [-0.05, 0) is 36.8 Å². The molecule has 1 aromatic heterocycles. The third kappa shape index (κ3) is 4.72. The van der Waals surface area contributed by atoms with Crippen LogP contribution in [0.3, 0.4) is 0 Å². The summed E-state index contributed by atoms with van der Waals surface area (Å²) in [6.45, 7) is 0. The highest BCUT2D eigenvalue weighted by Crippen LogP contribution is 2.39. The predicted molar refractivity (Wildman–Crippen MR) is 100 cm³/mol. The Labute approximate surface area is 172 Å². The molecule has 0 bridgehead atoms. The van der Waals surface area contributed by atoms with Crippen molar-refractivity contribution in [3.63, 3.8) is 0 Å². The third-order valence-corrected chi connectivity index (χ3v) is 7.44. The molecule has 1 aliphatic heterocycles. The third-order valence-electron chi connectivity index (χ3n) is 4.31. The summed E-state index contributed by atoms with van der Waals surface area (Å²) in [7, 11) is -2.95. The number of thiophene rings is 1. The molecule has 1 saturated heterocycles. The Hall–Kier alpha value is -1.73. The number of amides is 1. The first kappa shape index (κ1) is 22.0. The van der Waals surface area contributed by atoms with Gasteiger partial charge in [-0.1, -0.05) is 11.6 Å². The van der Waals surface area contributed by atoms with Crippen molar-refractivity contribution in [1.29, 1.82) is 0 Å². The van der Waals surface area contributed by atoms with E-state index in [0.29, 0.717) is 11.3 Å². The summed E-state index contributed by atoms with van der Waals surface area (Å²) < 4.78 is 79.7. The minimum absolute atomic E-state index is 0.103. The lowest BCUT2D eigenvalue weighted by atomic mass is 10.1. The lowest BCUT2D eigenvalue weighted by molar-refractivity contribution is -0.134. The van der Waals surface area contributed by atoms with E-state index in [1.54, 1.807) is 0 Å². The fraction of sp³-hybridized carbons (Fsp3) is 0.312. The predicted octanol–water partition coefficient (Wildman–Crippen LogP) is 3.78. The summed E-state index contributed by atoms with van der Waals surface area (Å²) in [5.41, 5.74) is 0.151. The molecule has 1 amide bonds. The summed E-state index contributed by atoms with van der Waals surface area (Å²) in [5, 5.41) is 2.22. The van der Waals surface area contributed by atoms with Gasteiger partial charge in [0.15, 0.2) is 0 Å². The molecule has 6 nitrogen and oxygen atoms in total. The van der Waals surface area contributed by atoms with Gasteiger partial charge < -0.3 is 5.32 Å². The minimum atomic E-state index is -4.55. The van der Waals surface area contributed by atoms with Gasteiger partial charge in [0.05, 0.1) is 11.1 Å². The van der Waals surface area contributed by atoms with Crippen molar-refractivity contribution in [1.82, 2.24) is 9.03 Å². The van der Waals surface area contributed by atoms with Gasteiger partial charge in [-0.2, -0.15) is 30.6 Å². The minimum Gasteiger partial charge on any atom is -0.325 e. The van der Waals surface area contributed by atoms with E-state index in [1.165, 1.54) is 19.2 Å². The van der Waals surface area contributed by atoms with Gasteiger partial charge in [-0.15, -0.1) is 11.3 Å². The second-order valence-electron chi connectivity index (χ2n) is 6.26. The van der Waals surface area contributed by atoms with Gasteiger partial charge in [0.25, 0.3) is 10.2 Å². The largest absolute Gasteiger partial charge is 0.425 e. The number of nitrogens with zero attached hydrogens (tertiary/aromatic N) is 1. The maximum Gasteiger partial charge on any atom is 0.425 e. The Balaban J connectivity index is 1.84. The Morgan fingerprint density at radius 3 is 2.59 bits per heavy atom. The van der Waals surface area contributed by atoms with Crippen molar-refractivity contribution >= 4 is 44.7 Å². The second-order valence-corrected chi connectivity index (χ2v) is 9.55. The molecule has 1 aromatic carbocycles. The number of carbonyl (C=O) groups excluding carboxylic acids is 1. The van der Waals surface area contributed by atoms with Crippen molar-refractivity contribution in [3.05, 3.63) is 50.9 Å². The number of carbonyl (C=O) groups is 1. The van der Waals surface area contributed by atoms with E-state index < -0.39 is 45.1 Å². The van der Waals surface area contributed by atoms with Gasteiger partial charge in [-0.3, -0.25) is 4.79 Å². The summed E-state index contributed by atoms with van der Waals surface area (Å²) in [4.78, 5) is 11.9. The number of anilines is 1. The van der Waals surface area contributed by atoms with E-state index in [4.69, 9.17) is 11.6 Å². The highest BCUT2D eigenvalue weighted by molar-refractivity contribution is 7.87. The van der Waals surface area contributed by atoms with Crippen LogP contribution in [0.5, 0.6) is 0 Å². The maximum atomic E-state index is 13.3. The van der Waals surface area contributed by atoms with E-state index in [-0.39, 0.29) is 22.0 Å². The number of alkyl halides is 3. The average Bonchev–Trinajstić information content (AvgIpc) is 3.11. The van der Waals surface area contributed by atoms with Crippen LogP contribution in [0.2, 0.25) is 5.02 Å². The normalized spacial score (nSPS) is 22.4. The molecule has 0 aliphatic carbocycles. The Bertz CT molecular complexity index is 1040. The maximum absolute atomic E-state index is 13.3. The molecule has 1 fully saturated rings. The van der Waals surface area contributed by atoms with Crippen LogP contribution in [0.4, 0.5) is 23.2 Å². The molecule has 2 heterocycles. The number of likely N-dealkylation sites (N-methyl/N-ethyl adjacent to an activating group) is 1. The van der Waals surface area contributed by atoms with Crippen molar-refractivity contribution in [2.24, 2.45) is 0 Å². The molecule has 0 spiro atoms. The van der Waals surface area contributed by atoms with Crippen molar-refractivity contribution in [3.8, 4) is 0 Å². The number of benzene rings is 1. The number of hydrogen-bond donors (Lipinski definition) is 2. The molecule has 2 aromatic rings. The van der Waals surface area contributed by atoms with E-state index >= 15 is 0 Å². The first-order valence-corrected chi connectivity index (χ1v) is 10.7. The van der Waals surface area contributed by atoms with Crippen LogP contribution in [-0.2, 0) is 21.2 Å². The van der Waals surface area contributed by atoms with Gasteiger partial charge in [-0.25, -0.2) is 4.39 Å². The summed E-state index contributed by atoms with van der Waals surface area (Å²) in [6.07, 6.45) is -4.65. The fourth-order valence-electron chi connectivity index (χ4n) is 2.79. The Morgan fingerprint density at radius 1 is 1.31 bits per heavy atom. The van der Waals surface area contributed by atoms with Crippen LogP contribution >= 0.6 is 22.9 Å². The highest BCUT2D eigenvalue weighted by atomic mass is 35.5. The second kappa shape index (κ2) is 7.84. The molecule has 3 rings (SSSR count). The molecule has 0 saturated carbocycles. The van der Waals surface area contributed by atoms with Crippen LogP contribution in [0, 0.1) is 5.82 Å². The quantitative estimate of drug-likeness (QED) is 0.669. The summed E-state index contributed by atoms with van der Waals surface area (Å²) >= 11 is 6.07. The standard InChI is InChI=1S/C16H14ClF4N3O3S2/c1-24-12(15(25)22-8-2-3-10(18)9(17)6-8)7-11(23-29(24,26)27)13-4-5-14(28-13)16(19,20)21/h2-6,11-12,23H,7H2,1H3,(H,22,25)/t11-,12+/m1/s1. The van der Waals surface area contributed by atoms with Gasteiger partial charge in [0.1, 0.15) is 16.7 Å². The van der Waals surface area contributed by atoms with E-state index in [1.807, 2.05) is 0 Å². The molecular formula is C16H14ClF4N3O3S2. The zero-order chi connectivity index (χ0) is 21.6. The van der Waals surface area contributed by atoms with Gasteiger partial charge in [0.2, 0.25) is 5.91 Å². The SMILES string of the molecule is CN1[C@H](C(=O)Nc2ccc(F)c(Cl)c2)C[C@H](c2ccc(C(F)(F)F)s2)NS1(=O)=O. The van der Waals surface area contributed by atoms with Crippen LogP contribution < -0.4 is 10.0 Å². The lowest BCUT2D eigenvalue weighted by Crippen LogP contribution is -2.55. The number of rotatable bonds is 3. The molecule has 2 N–H and O–H groups in total. The van der Waals surface area contributed by atoms with Crippen molar-refractivity contribution in [2.45, 2.75) is 24.7 Å². The van der Waals surface area contributed by atoms with Crippen LogP contribution in [0.25, 0.3) is 0 Å². The highest BCUT2D eigenvalue weighted by Gasteiger charge is 2.42. The smallest absolute Gasteiger partial charge is 0.325 e. The van der Waals surface area contributed by atoms with Crippen molar-refractivity contribution in [2.75, 3.05) is 12.4 Å². The lowest BCUT2D eigenvalue weighted by Gasteiger charge is -2.35. The first-order chi connectivity index (χ1) is 13.4. The first-order valence-electron chi connectivity index (χ1n) is 8.06.